The predicted molar refractivity (Wildman–Crippen MR) is 124 cm³/mol. The molecule has 0 saturated carbocycles. The van der Waals surface area contributed by atoms with Crippen LogP contribution in [-0.2, 0) is 0 Å². The highest BCUT2D eigenvalue weighted by Gasteiger charge is 2.20. The van der Waals surface area contributed by atoms with Crippen molar-refractivity contribution in [2.45, 2.75) is 13.8 Å². The van der Waals surface area contributed by atoms with Crippen LogP contribution in [0.25, 0.3) is 10.9 Å². The summed E-state index contributed by atoms with van der Waals surface area (Å²) in [7, 11) is 1.63. The fourth-order valence-electron chi connectivity index (χ4n) is 3.84. The van der Waals surface area contributed by atoms with E-state index in [0.717, 1.165) is 42.8 Å². The highest BCUT2D eigenvalue weighted by Crippen LogP contribution is 2.27. The molecule has 2 aromatic carbocycles. The van der Waals surface area contributed by atoms with Gasteiger partial charge in [-0.15, -0.1) is 0 Å². The van der Waals surface area contributed by atoms with Crippen LogP contribution in [0.5, 0.6) is 5.88 Å². The molecule has 1 aliphatic heterocycles. The van der Waals surface area contributed by atoms with E-state index < -0.39 is 0 Å². The topological polar surface area (TPSA) is 40.6 Å². The number of thiocarbonyl (C=S) groups is 1. The maximum absolute atomic E-state index is 5.70. The van der Waals surface area contributed by atoms with Gasteiger partial charge in [0.2, 0.25) is 5.88 Å². The highest BCUT2D eigenvalue weighted by molar-refractivity contribution is 7.80. The summed E-state index contributed by atoms with van der Waals surface area (Å²) in [5.74, 6) is 0.555. The zero-order chi connectivity index (χ0) is 20.4. The van der Waals surface area contributed by atoms with Crippen molar-refractivity contribution in [3.63, 3.8) is 0 Å². The molecule has 4 rings (SSSR count). The summed E-state index contributed by atoms with van der Waals surface area (Å²) in [6.45, 7) is 7.94. The second-order valence-corrected chi connectivity index (χ2v) is 7.87. The number of hydrogen-bond donors (Lipinski definition) is 1. The Hall–Kier alpha value is -2.86. The number of nitrogens with zero attached hydrogens (tertiary/aromatic N) is 3. The van der Waals surface area contributed by atoms with Gasteiger partial charge >= 0.3 is 0 Å². The number of hydrogen-bond acceptors (Lipinski definition) is 4. The smallest absolute Gasteiger partial charge is 0.238 e. The maximum atomic E-state index is 5.70. The Morgan fingerprint density at radius 3 is 2.38 bits per heavy atom. The van der Waals surface area contributed by atoms with Crippen LogP contribution in [0, 0.1) is 13.8 Å². The largest absolute Gasteiger partial charge is 0.479 e. The Balaban J connectivity index is 1.44. The van der Waals surface area contributed by atoms with E-state index in [0.29, 0.717) is 11.0 Å². The summed E-state index contributed by atoms with van der Waals surface area (Å²) < 4.78 is 5.48. The third kappa shape index (κ3) is 4.27. The average molecular weight is 407 g/mol. The molecule has 2 heterocycles. The zero-order valence-corrected chi connectivity index (χ0v) is 17.9. The Labute approximate surface area is 177 Å². The fraction of sp³-hybridized carbons (Fsp3) is 0.304. The van der Waals surface area contributed by atoms with E-state index in [1.54, 1.807) is 7.11 Å². The molecule has 3 aromatic rings. The van der Waals surface area contributed by atoms with Crippen molar-refractivity contribution in [1.29, 1.82) is 0 Å². The standard InChI is InChI=1S/C23H26N4OS/c1-16-12-17(2)14-19(13-16)26-8-10-27(11-9-26)23(29)25-21-15-18-6-4-5-7-20(18)24-22(21)28-3/h4-7,12-15H,8-11H2,1-3H3,(H,25,29). The van der Waals surface area contributed by atoms with Crippen LogP contribution in [0.3, 0.4) is 0 Å². The van der Waals surface area contributed by atoms with Gasteiger partial charge in [0.15, 0.2) is 5.11 Å². The van der Waals surface area contributed by atoms with Crippen molar-refractivity contribution >= 4 is 39.6 Å². The van der Waals surface area contributed by atoms with Crippen molar-refractivity contribution in [2.75, 3.05) is 43.5 Å². The van der Waals surface area contributed by atoms with Crippen molar-refractivity contribution in [2.24, 2.45) is 0 Å². The number of aryl methyl sites for hydroxylation is 2. The van der Waals surface area contributed by atoms with Crippen LogP contribution in [0.4, 0.5) is 11.4 Å². The van der Waals surface area contributed by atoms with E-state index in [-0.39, 0.29) is 0 Å². The van der Waals surface area contributed by atoms with E-state index in [4.69, 9.17) is 17.0 Å². The molecule has 29 heavy (non-hydrogen) atoms. The van der Waals surface area contributed by atoms with E-state index in [2.05, 4.69) is 52.1 Å². The molecule has 0 spiro atoms. The molecule has 6 heteroatoms. The molecule has 0 unspecified atom stereocenters. The molecule has 0 radical (unpaired) electrons. The summed E-state index contributed by atoms with van der Waals surface area (Å²) >= 11 is 5.70. The minimum absolute atomic E-state index is 0.555. The van der Waals surface area contributed by atoms with Crippen LogP contribution < -0.4 is 15.0 Å². The Bertz CT molecular complexity index is 1020. The molecular weight excluding hydrogens is 380 g/mol. The molecule has 1 saturated heterocycles. The molecule has 1 aliphatic rings. The molecule has 0 bridgehead atoms. The molecule has 0 atom stereocenters. The van der Waals surface area contributed by atoms with Gasteiger partial charge in [-0.1, -0.05) is 24.3 Å². The first-order valence-electron chi connectivity index (χ1n) is 9.86. The normalized spacial score (nSPS) is 14.2. The molecule has 1 aromatic heterocycles. The van der Waals surface area contributed by atoms with Gasteiger partial charge in [-0.3, -0.25) is 0 Å². The molecule has 150 valence electrons. The summed E-state index contributed by atoms with van der Waals surface area (Å²) in [6, 6.07) is 16.8. The first-order valence-corrected chi connectivity index (χ1v) is 10.3. The monoisotopic (exact) mass is 406 g/mol. The highest BCUT2D eigenvalue weighted by atomic mass is 32.1. The fourth-order valence-corrected chi connectivity index (χ4v) is 4.13. The van der Waals surface area contributed by atoms with E-state index in [9.17, 15) is 0 Å². The van der Waals surface area contributed by atoms with Crippen LogP contribution in [0.2, 0.25) is 0 Å². The summed E-state index contributed by atoms with van der Waals surface area (Å²) in [5, 5.41) is 5.11. The number of para-hydroxylation sites is 1. The number of ether oxygens (including phenoxy) is 1. The SMILES string of the molecule is COc1nc2ccccc2cc1NC(=S)N1CCN(c2cc(C)cc(C)c2)CC1. The second kappa shape index (κ2) is 8.25. The lowest BCUT2D eigenvalue weighted by Gasteiger charge is -2.37. The van der Waals surface area contributed by atoms with E-state index in [1.165, 1.54) is 16.8 Å². The van der Waals surface area contributed by atoms with Crippen LogP contribution in [0.1, 0.15) is 11.1 Å². The number of anilines is 2. The summed E-state index contributed by atoms with van der Waals surface area (Å²) in [4.78, 5) is 9.23. The van der Waals surface area contributed by atoms with Gasteiger partial charge in [-0.2, -0.15) is 0 Å². The van der Waals surface area contributed by atoms with Crippen LogP contribution >= 0.6 is 12.2 Å². The number of piperazine rings is 1. The first kappa shape index (κ1) is 19.5. The zero-order valence-electron chi connectivity index (χ0n) is 17.1. The maximum Gasteiger partial charge on any atom is 0.238 e. The molecule has 0 aliphatic carbocycles. The van der Waals surface area contributed by atoms with Crippen molar-refractivity contribution in [3.05, 3.63) is 59.7 Å². The number of aromatic nitrogens is 1. The lowest BCUT2D eigenvalue weighted by molar-refractivity contribution is 0.389. The lowest BCUT2D eigenvalue weighted by Crippen LogP contribution is -2.50. The van der Waals surface area contributed by atoms with Gasteiger partial charge in [0.1, 0.15) is 5.69 Å². The van der Waals surface area contributed by atoms with Gasteiger partial charge in [-0.25, -0.2) is 4.98 Å². The quantitative estimate of drug-likeness (QED) is 0.651. The van der Waals surface area contributed by atoms with Gasteiger partial charge in [0.25, 0.3) is 0 Å². The molecule has 0 amide bonds. The third-order valence-electron chi connectivity index (χ3n) is 5.26. The van der Waals surface area contributed by atoms with Crippen molar-refractivity contribution in [1.82, 2.24) is 9.88 Å². The van der Waals surface area contributed by atoms with E-state index in [1.807, 2.05) is 30.3 Å². The summed E-state index contributed by atoms with van der Waals surface area (Å²) in [5.41, 5.74) is 5.60. The number of rotatable bonds is 3. The Morgan fingerprint density at radius 2 is 1.69 bits per heavy atom. The van der Waals surface area contributed by atoms with E-state index >= 15 is 0 Å². The minimum Gasteiger partial charge on any atom is -0.479 e. The number of benzene rings is 2. The first-order chi connectivity index (χ1) is 14.0. The van der Waals surface area contributed by atoms with Gasteiger partial charge < -0.3 is 19.9 Å². The predicted octanol–water partition coefficient (Wildman–Crippen LogP) is 4.38. The van der Waals surface area contributed by atoms with Crippen molar-refractivity contribution in [3.8, 4) is 5.88 Å². The second-order valence-electron chi connectivity index (χ2n) is 7.49. The van der Waals surface area contributed by atoms with Crippen molar-refractivity contribution < 1.29 is 4.74 Å². The number of methoxy groups -OCH3 is 1. The molecular formula is C23H26N4OS. The minimum atomic E-state index is 0.555. The molecule has 1 fully saturated rings. The molecule has 1 N–H and O–H groups in total. The van der Waals surface area contributed by atoms with Crippen LogP contribution in [-0.4, -0.2) is 48.3 Å². The Morgan fingerprint density at radius 1 is 1.00 bits per heavy atom. The molecule has 5 nitrogen and oxygen atoms in total. The number of pyridine rings is 1. The summed E-state index contributed by atoms with van der Waals surface area (Å²) in [6.07, 6.45) is 0. The number of nitrogens with one attached hydrogen (secondary N) is 1. The lowest BCUT2D eigenvalue weighted by atomic mass is 10.1. The number of fused-ring (bicyclic) bond motifs is 1. The average Bonchev–Trinajstić information content (AvgIpc) is 2.72. The van der Waals surface area contributed by atoms with Gasteiger partial charge in [0, 0.05) is 37.3 Å². The third-order valence-corrected chi connectivity index (χ3v) is 5.62. The van der Waals surface area contributed by atoms with Gasteiger partial charge in [0.05, 0.1) is 12.6 Å². The Kier molecular flexibility index (Phi) is 5.53. The van der Waals surface area contributed by atoms with Gasteiger partial charge in [-0.05, 0) is 61.5 Å². The van der Waals surface area contributed by atoms with Crippen LogP contribution in [0.15, 0.2) is 48.5 Å².